The molecule has 2 aromatic rings. The summed E-state index contributed by atoms with van der Waals surface area (Å²) in [6.45, 7) is -3.56. The second-order valence-electron chi connectivity index (χ2n) is 5.22. The molecule has 2 rings (SSSR count). The molecule has 8 nitrogen and oxygen atoms in total. The van der Waals surface area contributed by atoms with Gasteiger partial charge in [-0.1, -0.05) is 18.2 Å². The molecule has 2 aromatic carbocycles. The van der Waals surface area contributed by atoms with Crippen LogP contribution in [0.15, 0.2) is 58.5 Å². The summed E-state index contributed by atoms with van der Waals surface area (Å²) in [5.41, 5.74) is 2.48. The monoisotopic (exact) mass is 413 g/mol. The van der Waals surface area contributed by atoms with E-state index in [-0.39, 0.29) is 16.4 Å². The van der Waals surface area contributed by atoms with Gasteiger partial charge in [0.2, 0.25) is 10.0 Å². The molecule has 0 heterocycles. The van der Waals surface area contributed by atoms with Crippen molar-refractivity contribution in [3.05, 3.63) is 54.1 Å². The molecule has 0 spiro atoms. The van der Waals surface area contributed by atoms with E-state index in [1.54, 1.807) is 18.2 Å². The molecule has 0 bridgehead atoms. The van der Waals surface area contributed by atoms with Crippen molar-refractivity contribution in [1.82, 2.24) is 10.1 Å². The SMILES string of the molecule is COc1ccc(/C=N\NC(=O)CNS(=O)(=O)c2ccccc2)cc1OC(F)F. The van der Waals surface area contributed by atoms with Gasteiger partial charge in [-0.15, -0.1) is 0 Å². The molecular formula is C17H17F2N3O5S. The number of nitrogens with one attached hydrogen (secondary N) is 2. The van der Waals surface area contributed by atoms with E-state index in [4.69, 9.17) is 4.74 Å². The van der Waals surface area contributed by atoms with Crippen molar-refractivity contribution in [1.29, 1.82) is 0 Å². The molecular weight excluding hydrogens is 396 g/mol. The number of amides is 1. The van der Waals surface area contributed by atoms with Crippen molar-refractivity contribution < 1.29 is 31.5 Å². The van der Waals surface area contributed by atoms with Gasteiger partial charge in [0.25, 0.3) is 5.91 Å². The van der Waals surface area contributed by atoms with Gasteiger partial charge in [-0.25, -0.2) is 18.6 Å². The fraction of sp³-hybridized carbons (Fsp3) is 0.176. The summed E-state index contributed by atoms with van der Waals surface area (Å²) in [6.07, 6.45) is 1.18. The van der Waals surface area contributed by atoms with Gasteiger partial charge in [0, 0.05) is 0 Å². The van der Waals surface area contributed by atoms with Crippen LogP contribution in [0.3, 0.4) is 0 Å². The first kappa shape index (κ1) is 21.3. The molecule has 0 aliphatic heterocycles. The summed E-state index contributed by atoms with van der Waals surface area (Å²) in [7, 11) is -2.52. The van der Waals surface area contributed by atoms with Crippen LogP contribution in [0, 0.1) is 0 Å². The van der Waals surface area contributed by atoms with Gasteiger partial charge in [0.15, 0.2) is 11.5 Å². The molecule has 2 N–H and O–H groups in total. The molecule has 11 heteroatoms. The smallest absolute Gasteiger partial charge is 0.387 e. The van der Waals surface area contributed by atoms with E-state index >= 15 is 0 Å². The number of benzene rings is 2. The second kappa shape index (κ2) is 9.76. The fourth-order valence-corrected chi connectivity index (χ4v) is 3.03. The lowest BCUT2D eigenvalue weighted by atomic mass is 10.2. The van der Waals surface area contributed by atoms with Crippen molar-refractivity contribution in [2.45, 2.75) is 11.5 Å². The molecule has 0 unspecified atom stereocenters. The third-order valence-corrected chi connectivity index (χ3v) is 4.70. The van der Waals surface area contributed by atoms with E-state index in [1.807, 2.05) is 0 Å². The van der Waals surface area contributed by atoms with Crippen molar-refractivity contribution in [2.75, 3.05) is 13.7 Å². The molecule has 0 aliphatic rings. The summed E-state index contributed by atoms with van der Waals surface area (Å²) in [4.78, 5) is 11.8. The van der Waals surface area contributed by atoms with Crippen LogP contribution in [0.4, 0.5) is 8.78 Å². The van der Waals surface area contributed by atoms with Crippen LogP contribution >= 0.6 is 0 Å². The molecule has 0 saturated carbocycles. The molecule has 0 atom stereocenters. The number of methoxy groups -OCH3 is 1. The number of hydrazone groups is 1. The van der Waals surface area contributed by atoms with Crippen LogP contribution < -0.4 is 19.6 Å². The Morgan fingerprint density at radius 3 is 2.54 bits per heavy atom. The van der Waals surface area contributed by atoms with Gasteiger partial charge in [0.1, 0.15) is 0 Å². The largest absolute Gasteiger partial charge is 0.493 e. The number of ether oxygens (including phenoxy) is 2. The van der Waals surface area contributed by atoms with E-state index in [1.165, 1.54) is 43.7 Å². The fourth-order valence-electron chi connectivity index (χ4n) is 2.02. The Hall–Kier alpha value is -3.05. The minimum absolute atomic E-state index is 0.0242. The minimum Gasteiger partial charge on any atom is -0.493 e. The number of sulfonamides is 1. The number of halogens is 2. The maximum Gasteiger partial charge on any atom is 0.387 e. The Morgan fingerprint density at radius 1 is 1.18 bits per heavy atom. The Balaban J connectivity index is 1.93. The van der Waals surface area contributed by atoms with Gasteiger partial charge < -0.3 is 9.47 Å². The van der Waals surface area contributed by atoms with E-state index in [0.717, 1.165) is 0 Å². The average molecular weight is 413 g/mol. The van der Waals surface area contributed by atoms with Crippen LogP contribution in [0.5, 0.6) is 11.5 Å². The molecule has 150 valence electrons. The van der Waals surface area contributed by atoms with Gasteiger partial charge >= 0.3 is 6.61 Å². The summed E-state index contributed by atoms with van der Waals surface area (Å²) in [6, 6.07) is 11.7. The normalized spacial score (nSPS) is 11.6. The number of carbonyl (C=O) groups is 1. The number of hydrogen-bond acceptors (Lipinski definition) is 6. The lowest BCUT2D eigenvalue weighted by molar-refractivity contribution is -0.119. The van der Waals surface area contributed by atoms with Crippen molar-refractivity contribution >= 4 is 22.1 Å². The maximum absolute atomic E-state index is 12.4. The van der Waals surface area contributed by atoms with Gasteiger partial charge in [-0.05, 0) is 35.9 Å². The minimum atomic E-state index is -3.82. The predicted molar refractivity (Wildman–Crippen MR) is 97.0 cm³/mol. The molecule has 0 saturated heterocycles. The molecule has 0 radical (unpaired) electrons. The summed E-state index contributed by atoms with van der Waals surface area (Å²) in [5, 5.41) is 3.65. The molecule has 0 aliphatic carbocycles. The number of hydrogen-bond donors (Lipinski definition) is 2. The zero-order chi connectivity index (χ0) is 20.6. The quantitative estimate of drug-likeness (QED) is 0.481. The lowest BCUT2D eigenvalue weighted by Gasteiger charge is -2.10. The van der Waals surface area contributed by atoms with Crippen LogP contribution in [0.2, 0.25) is 0 Å². The van der Waals surface area contributed by atoms with Crippen LogP contribution in [-0.2, 0) is 14.8 Å². The first-order chi connectivity index (χ1) is 13.3. The maximum atomic E-state index is 12.4. The standard InChI is InChI=1S/C17H17F2N3O5S/c1-26-14-8-7-12(9-15(14)27-17(18)19)10-20-22-16(23)11-21-28(24,25)13-5-3-2-4-6-13/h2-10,17,21H,11H2,1H3,(H,22,23)/b20-10-. The predicted octanol–water partition coefficient (Wildman–Crippen LogP) is 1.73. The van der Waals surface area contributed by atoms with Crippen LogP contribution in [-0.4, -0.2) is 40.8 Å². The van der Waals surface area contributed by atoms with Crippen LogP contribution in [0.1, 0.15) is 5.56 Å². The van der Waals surface area contributed by atoms with Crippen molar-refractivity contribution in [3.8, 4) is 11.5 Å². The number of rotatable bonds is 9. The highest BCUT2D eigenvalue weighted by atomic mass is 32.2. The molecule has 1 amide bonds. The Bertz CT molecular complexity index is 937. The summed E-state index contributed by atoms with van der Waals surface area (Å²) < 4.78 is 60.2. The Kier molecular flexibility index (Phi) is 7.41. The Labute approximate surface area is 160 Å². The first-order valence-electron chi connectivity index (χ1n) is 7.81. The van der Waals surface area contributed by atoms with Crippen molar-refractivity contribution in [2.24, 2.45) is 5.10 Å². The lowest BCUT2D eigenvalue weighted by Crippen LogP contribution is -2.34. The van der Waals surface area contributed by atoms with Gasteiger partial charge in [-0.2, -0.15) is 13.9 Å². The van der Waals surface area contributed by atoms with E-state index < -0.39 is 29.1 Å². The molecule has 0 fully saturated rings. The van der Waals surface area contributed by atoms with Crippen LogP contribution in [0.25, 0.3) is 0 Å². The topological polar surface area (TPSA) is 106 Å². The van der Waals surface area contributed by atoms with E-state index in [9.17, 15) is 22.0 Å². The van der Waals surface area contributed by atoms with E-state index in [2.05, 4.69) is 20.0 Å². The zero-order valence-corrected chi connectivity index (χ0v) is 15.4. The summed E-state index contributed by atoms with van der Waals surface area (Å²) in [5.74, 6) is -0.798. The highest BCUT2D eigenvalue weighted by Crippen LogP contribution is 2.28. The van der Waals surface area contributed by atoms with Gasteiger partial charge in [0.05, 0.1) is 24.8 Å². The van der Waals surface area contributed by atoms with Crippen molar-refractivity contribution in [3.63, 3.8) is 0 Å². The third kappa shape index (κ3) is 6.28. The number of alkyl halides is 2. The zero-order valence-electron chi connectivity index (χ0n) is 14.6. The average Bonchev–Trinajstić information content (AvgIpc) is 2.67. The third-order valence-electron chi connectivity index (χ3n) is 3.28. The second-order valence-corrected chi connectivity index (χ2v) is 6.99. The first-order valence-corrected chi connectivity index (χ1v) is 9.29. The highest BCUT2D eigenvalue weighted by molar-refractivity contribution is 7.89. The highest BCUT2D eigenvalue weighted by Gasteiger charge is 2.14. The van der Waals surface area contributed by atoms with E-state index in [0.29, 0.717) is 5.56 Å². The molecule has 0 aromatic heterocycles. The molecule has 28 heavy (non-hydrogen) atoms. The Morgan fingerprint density at radius 2 is 1.89 bits per heavy atom. The van der Waals surface area contributed by atoms with Gasteiger partial charge in [-0.3, -0.25) is 4.79 Å². The number of carbonyl (C=O) groups excluding carboxylic acids is 1. The summed E-state index contributed by atoms with van der Waals surface area (Å²) >= 11 is 0. The number of nitrogens with zero attached hydrogens (tertiary/aromatic N) is 1.